The summed E-state index contributed by atoms with van der Waals surface area (Å²) in [5, 5.41) is 10.3. The van der Waals surface area contributed by atoms with Gasteiger partial charge in [0.2, 0.25) is 0 Å². The molecule has 0 spiro atoms. The second kappa shape index (κ2) is 11.6. The van der Waals surface area contributed by atoms with Gasteiger partial charge in [-0.1, -0.05) is 40.5 Å². The van der Waals surface area contributed by atoms with E-state index in [4.69, 9.17) is 9.68 Å². The van der Waals surface area contributed by atoms with Crippen LogP contribution in [0.1, 0.15) is 29.2 Å². The summed E-state index contributed by atoms with van der Waals surface area (Å²) in [5.74, 6) is 4.62. The number of likely N-dealkylation sites (N-methyl/N-ethyl adjacent to an activating group) is 1. The average molecular weight is 461 g/mol. The van der Waals surface area contributed by atoms with Crippen molar-refractivity contribution in [3.63, 3.8) is 0 Å². The predicted octanol–water partition coefficient (Wildman–Crippen LogP) is 3.93. The van der Waals surface area contributed by atoms with Crippen LogP contribution in [-0.4, -0.2) is 37.9 Å². The van der Waals surface area contributed by atoms with Gasteiger partial charge in [0.05, 0.1) is 0 Å². The number of oxime groups is 2. The summed E-state index contributed by atoms with van der Waals surface area (Å²) in [4.78, 5) is 22.4. The lowest BCUT2D eigenvalue weighted by molar-refractivity contribution is -0.274. The fourth-order valence-electron chi connectivity index (χ4n) is 2.69. The van der Waals surface area contributed by atoms with Crippen molar-refractivity contribution in [2.24, 2.45) is 10.3 Å². The summed E-state index contributed by atoms with van der Waals surface area (Å²) in [6.07, 6.45) is -4.78. The van der Waals surface area contributed by atoms with Crippen molar-refractivity contribution >= 4 is 17.3 Å². The highest BCUT2D eigenvalue weighted by molar-refractivity contribution is 6.45. The van der Waals surface area contributed by atoms with E-state index in [9.17, 15) is 18.0 Å². The molecule has 174 valence electrons. The molecule has 0 atom stereocenters. The molecule has 10 heteroatoms. The van der Waals surface area contributed by atoms with Gasteiger partial charge in [-0.3, -0.25) is 4.79 Å². The van der Waals surface area contributed by atoms with E-state index in [-0.39, 0.29) is 18.1 Å². The second-order valence-corrected chi connectivity index (χ2v) is 6.58. The number of carbonyl (C=O) groups is 1. The van der Waals surface area contributed by atoms with Crippen molar-refractivity contribution in [1.82, 2.24) is 5.32 Å². The lowest BCUT2D eigenvalue weighted by Crippen LogP contribution is -2.29. The second-order valence-electron chi connectivity index (χ2n) is 6.58. The van der Waals surface area contributed by atoms with E-state index >= 15 is 0 Å². The maximum absolute atomic E-state index is 12.4. The zero-order valence-corrected chi connectivity index (χ0v) is 18.4. The van der Waals surface area contributed by atoms with Gasteiger partial charge in [0, 0.05) is 23.7 Å². The van der Waals surface area contributed by atoms with Crippen LogP contribution >= 0.6 is 0 Å². The molecular formula is C23H22F3N3O4. The number of rotatable bonds is 7. The van der Waals surface area contributed by atoms with Crippen molar-refractivity contribution in [3.05, 3.63) is 64.7 Å². The molecule has 0 heterocycles. The van der Waals surface area contributed by atoms with E-state index in [1.165, 1.54) is 32.4 Å². The Hall–Kier alpha value is -4.00. The van der Waals surface area contributed by atoms with Gasteiger partial charge in [-0.05, 0) is 43.5 Å². The minimum Gasteiger partial charge on any atom is -0.406 e. The van der Waals surface area contributed by atoms with Gasteiger partial charge >= 0.3 is 6.36 Å². The Bertz CT molecular complexity index is 1120. The Kier molecular flexibility index (Phi) is 8.86. The standard InChI is InChI=1S/C23H22F3N3O4/c1-15-7-5-10-19(21(29-31-4)22(30)27-3)20(15)14-32-28-16(2)11-12-17-8-6-9-18(13-17)33-23(24,25)26/h5-10,13H,14H2,1-4H3,(H,27,30)/b28-16+,29-21+. The topological polar surface area (TPSA) is 81.5 Å². The van der Waals surface area contributed by atoms with Crippen LogP contribution in [-0.2, 0) is 21.1 Å². The van der Waals surface area contributed by atoms with E-state index in [1.807, 2.05) is 13.0 Å². The zero-order chi connectivity index (χ0) is 24.4. The molecule has 0 fully saturated rings. The maximum atomic E-state index is 12.4. The molecule has 0 aliphatic carbocycles. The first-order valence-electron chi connectivity index (χ1n) is 9.61. The minimum atomic E-state index is -4.78. The van der Waals surface area contributed by atoms with Crippen molar-refractivity contribution < 1.29 is 32.4 Å². The fraction of sp³-hybridized carbons (Fsp3) is 0.261. The third-order valence-electron chi connectivity index (χ3n) is 4.16. The van der Waals surface area contributed by atoms with Gasteiger partial charge in [-0.2, -0.15) is 0 Å². The van der Waals surface area contributed by atoms with Crippen LogP contribution in [0.25, 0.3) is 0 Å². The molecule has 2 aromatic carbocycles. The van der Waals surface area contributed by atoms with Gasteiger partial charge in [-0.25, -0.2) is 0 Å². The number of aryl methyl sites for hydroxylation is 1. The molecule has 0 aliphatic rings. The van der Waals surface area contributed by atoms with Crippen LogP contribution < -0.4 is 10.1 Å². The summed E-state index contributed by atoms with van der Waals surface area (Å²) in [7, 11) is 2.82. The molecular weight excluding hydrogens is 439 g/mol. The van der Waals surface area contributed by atoms with Crippen LogP contribution in [0.15, 0.2) is 52.8 Å². The largest absolute Gasteiger partial charge is 0.573 e. The van der Waals surface area contributed by atoms with Crippen LogP contribution in [0.5, 0.6) is 5.75 Å². The van der Waals surface area contributed by atoms with E-state index in [1.54, 1.807) is 25.1 Å². The molecule has 0 saturated carbocycles. The van der Waals surface area contributed by atoms with Crippen molar-refractivity contribution in [2.45, 2.75) is 26.8 Å². The first-order valence-corrected chi connectivity index (χ1v) is 9.61. The van der Waals surface area contributed by atoms with E-state index in [2.05, 4.69) is 32.2 Å². The van der Waals surface area contributed by atoms with Gasteiger partial charge < -0.3 is 19.7 Å². The van der Waals surface area contributed by atoms with Gasteiger partial charge in [0.25, 0.3) is 5.91 Å². The molecule has 0 unspecified atom stereocenters. The average Bonchev–Trinajstić information content (AvgIpc) is 2.76. The number of halogens is 3. The molecule has 1 N–H and O–H groups in total. The molecule has 0 saturated heterocycles. The SMILES string of the molecule is CNC(=O)/C(=N/OC)c1cccc(C)c1CO/N=C(\C)C#Cc1cccc(OC(F)(F)F)c1. The van der Waals surface area contributed by atoms with Crippen molar-refractivity contribution in [3.8, 4) is 17.6 Å². The Morgan fingerprint density at radius 2 is 1.88 bits per heavy atom. The molecule has 0 bridgehead atoms. The summed E-state index contributed by atoms with van der Waals surface area (Å²) in [6.45, 7) is 3.46. The maximum Gasteiger partial charge on any atom is 0.573 e. The Morgan fingerprint density at radius 1 is 1.15 bits per heavy atom. The van der Waals surface area contributed by atoms with Crippen LogP contribution in [0.3, 0.4) is 0 Å². The lowest BCUT2D eigenvalue weighted by atomic mass is 9.98. The number of amides is 1. The molecule has 2 aromatic rings. The number of nitrogens with one attached hydrogen (secondary N) is 1. The third kappa shape index (κ3) is 7.88. The zero-order valence-electron chi connectivity index (χ0n) is 18.4. The Balaban J connectivity index is 2.16. The Morgan fingerprint density at radius 3 is 2.55 bits per heavy atom. The quantitative estimate of drug-likeness (QED) is 0.385. The van der Waals surface area contributed by atoms with E-state index in [0.717, 1.165) is 5.56 Å². The molecule has 0 radical (unpaired) electrons. The fourth-order valence-corrected chi connectivity index (χ4v) is 2.69. The lowest BCUT2D eigenvalue weighted by Gasteiger charge is -2.12. The molecule has 1 amide bonds. The summed E-state index contributed by atoms with van der Waals surface area (Å²) >= 11 is 0. The summed E-state index contributed by atoms with van der Waals surface area (Å²) in [6, 6.07) is 10.6. The van der Waals surface area contributed by atoms with E-state index in [0.29, 0.717) is 22.4 Å². The highest BCUT2D eigenvalue weighted by Crippen LogP contribution is 2.23. The van der Waals surface area contributed by atoms with Gasteiger partial charge in [-0.15, -0.1) is 13.2 Å². The number of ether oxygens (including phenoxy) is 1. The Labute approximate surface area is 189 Å². The number of hydrogen-bond acceptors (Lipinski definition) is 6. The molecule has 2 rings (SSSR count). The highest BCUT2D eigenvalue weighted by atomic mass is 19.4. The third-order valence-corrected chi connectivity index (χ3v) is 4.16. The first kappa shape index (κ1) is 25.3. The number of nitrogens with zero attached hydrogens (tertiary/aromatic N) is 2. The minimum absolute atomic E-state index is 0.0235. The number of alkyl halides is 3. The highest BCUT2D eigenvalue weighted by Gasteiger charge is 2.31. The predicted molar refractivity (Wildman–Crippen MR) is 117 cm³/mol. The molecule has 33 heavy (non-hydrogen) atoms. The number of carbonyl (C=O) groups excluding carboxylic acids is 1. The van der Waals surface area contributed by atoms with Crippen LogP contribution in [0.2, 0.25) is 0 Å². The van der Waals surface area contributed by atoms with Crippen molar-refractivity contribution in [2.75, 3.05) is 14.2 Å². The number of hydrogen-bond donors (Lipinski definition) is 1. The normalized spacial score (nSPS) is 11.8. The molecule has 0 aliphatic heterocycles. The number of benzene rings is 2. The monoisotopic (exact) mass is 461 g/mol. The summed E-state index contributed by atoms with van der Waals surface area (Å²) < 4.78 is 40.9. The van der Waals surface area contributed by atoms with Gasteiger partial charge in [0.15, 0.2) is 5.71 Å². The van der Waals surface area contributed by atoms with Gasteiger partial charge in [0.1, 0.15) is 25.2 Å². The molecule has 0 aromatic heterocycles. The van der Waals surface area contributed by atoms with Crippen LogP contribution in [0.4, 0.5) is 13.2 Å². The van der Waals surface area contributed by atoms with E-state index < -0.39 is 12.3 Å². The van der Waals surface area contributed by atoms with Crippen molar-refractivity contribution in [1.29, 1.82) is 0 Å². The smallest absolute Gasteiger partial charge is 0.406 e. The van der Waals surface area contributed by atoms with Crippen LogP contribution in [0, 0.1) is 18.8 Å². The molecule has 7 nitrogen and oxygen atoms in total. The summed E-state index contributed by atoms with van der Waals surface area (Å²) in [5.41, 5.74) is 2.75. The first-order chi connectivity index (χ1) is 15.6.